The van der Waals surface area contributed by atoms with Crippen molar-refractivity contribution in [1.82, 2.24) is 0 Å². The second-order valence-electron chi connectivity index (χ2n) is 4.47. The minimum atomic E-state index is -1.78. The van der Waals surface area contributed by atoms with Crippen molar-refractivity contribution in [2.75, 3.05) is 0 Å². The Morgan fingerprint density at radius 1 is 0.826 bits per heavy atom. The van der Waals surface area contributed by atoms with Gasteiger partial charge in [-0.15, -0.1) is 0 Å². The molecule has 0 N–H and O–H groups in total. The van der Waals surface area contributed by atoms with Gasteiger partial charge in [0.1, 0.15) is 0 Å². The Bertz CT molecular complexity index is 841. The summed E-state index contributed by atoms with van der Waals surface area (Å²) in [5, 5.41) is 32.5. The molecule has 2 aromatic rings. The predicted molar refractivity (Wildman–Crippen MR) is 71.6 cm³/mol. The molecule has 0 aliphatic heterocycles. The fraction of sp³-hybridized carbons (Fsp3) is 0. The number of hydrogen-bond acceptors (Lipinski definition) is 7. The monoisotopic (exact) mass is 313 g/mol. The van der Waals surface area contributed by atoms with Crippen LogP contribution in [0.1, 0.15) is 36.6 Å². The number of benzene rings is 2. The van der Waals surface area contributed by atoms with Crippen LogP contribution in [0.15, 0.2) is 42.5 Å². The molecule has 0 radical (unpaired) electrons. The zero-order chi connectivity index (χ0) is 17.1. The number of nitro benzene ring substituents is 1. The Balaban J connectivity index is 2.50. The molecule has 0 bridgehead atoms. The van der Waals surface area contributed by atoms with Crippen LogP contribution in [0.25, 0.3) is 0 Å². The number of carbonyl (C=O) groups excluding carboxylic acids is 3. The Kier molecular flexibility index (Phi) is 4.17. The highest BCUT2D eigenvalue weighted by Crippen LogP contribution is 2.18. The van der Waals surface area contributed by atoms with Gasteiger partial charge in [0.15, 0.2) is 5.78 Å². The van der Waals surface area contributed by atoms with Gasteiger partial charge in [-0.05, 0) is 6.07 Å². The number of nitro groups is 1. The smallest absolute Gasteiger partial charge is 0.270 e. The summed E-state index contributed by atoms with van der Waals surface area (Å²) in [6, 6.07) is 7.70. The van der Waals surface area contributed by atoms with Crippen LogP contribution >= 0.6 is 0 Å². The maximum Gasteiger partial charge on any atom is 0.270 e. The van der Waals surface area contributed by atoms with E-state index in [-0.39, 0.29) is 16.8 Å². The van der Waals surface area contributed by atoms with Crippen molar-refractivity contribution in [1.29, 1.82) is 0 Å². The first-order valence-electron chi connectivity index (χ1n) is 6.17. The van der Waals surface area contributed by atoms with Gasteiger partial charge in [0.25, 0.3) is 5.69 Å². The van der Waals surface area contributed by atoms with Gasteiger partial charge >= 0.3 is 0 Å². The summed E-state index contributed by atoms with van der Waals surface area (Å²) >= 11 is 0. The van der Waals surface area contributed by atoms with Gasteiger partial charge in [-0.2, -0.15) is 0 Å². The van der Waals surface area contributed by atoms with Crippen LogP contribution < -0.4 is 10.2 Å². The van der Waals surface area contributed by atoms with Gasteiger partial charge in [-0.1, -0.05) is 24.3 Å². The van der Waals surface area contributed by atoms with E-state index in [9.17, 15) is 34.7 Å². The molecule has 0 heterocycles. The molecule has 0 amide bonds. The zero-order valence-corrected chi connectivity index (χ0v) is 11.3. The molecule has 8 nitrogen and oxygen atoms in total. The van der Waals surface area contributed by atoms with Crippen molar-refractivity contribution in [2.45, 2.75) is 0 Å². The maximum atomic E-state index is 12.3. The third-order valence-electron chi connectivity index (χ3n) is 3.04. The first kappa shape index (κ1) is 15.8. The van der Waals surface area contributed by atoms with Gasteiger partial charge in [0.05, 0.1) is 16.9 Å². The fourth-order valence-electron chi connectivity index (χ4n) is 1.96. The van der Waals surface area contributed by atoms with Crippen molar-refractivity contribution in [3.05, 3.63) is 74.8 Å². The summed E-state index contributed by atoms with van der Waals surface area (Å²) in [4.78, 5) is 44.1. The molecule has 0 spiro atoms. The molecule has 8 heteroatoms. The summed E-state index contributed by atoms with van der Waals surface area (Å²) in [5.74, 6) is -4.20. The molecule has 0 saturated carbocycles. The largest absolute Gasteiger partial charge is 0.545 e. The van der Waals surface area contributed by atoms with Crippen molar-refractivity contribution in [2.24, 2.45) is 0 Å². The first-order valence-corrected chi connectivity index (χ1v) is 6.17. The van der Waals surface area contributed by atoms with E-state index in [4.69, 9.17) is 0 Å². The fourth-order valence-corrected chi connectivity index (χ4v) is 1.96. The normalized spacial score (nSPS) is 10.1. The Morgan fingerprint density at radius 2 is 1.43 bits per heavy atom. The lowest BCUT2D eigenvalue weighted by Gasteiger charge is -2.12. The molecule has 0 saturated heterocycles. The van der Waals surface area contributed by atoms with Crippen LogP contribution in [-0.4, -0.2) is 22.6 Å². The topological polar surface area (TPSA) is 140 Å². The Hall–Kier alpha value is -3.55. The lowest BCUT2D eigenvalue weighted by molar-refractivity contribution is -0.384. The molecular formula is C15H7NO7-2. The van der Waals surface area contributed by atoms with Gasteiger partial charge < -0.3 is 19.8 Å². The highest BCUT2D eigenvalue weighted by atomic mass is 16.6. The van der Waals surface area contributed by atoms with Crippen molar-refractivity contribution >= 4 is 23.4 Å². The first-order chi connectivity index (χ1) is 10.8. The van der Waals surface area contributed by atoms with E-state index < -0.39 is 33.8 Å². The third-order valence-corrected chi connectivity index (χ3v) is 3.04. The second kappa shape index (κ2) is 6.06. The number of ketones is 1. The van der Waals surface area contributed by atoms with Crippen molar-refractivity contribution in [3.8, 4) is 0 Å². The number of aromatic carboxylic acids is 2. The van der Waals surface area contributed by atoms with Gasteiger partial charge in [0, 0.05) is 34.4 Å². The summed E-state index contributed by atoms with van der Waals surface area (Å²) in [7, 11) is 0. The molecule has 0 atom stereocenters. The quantitative estimate of drug-likeness (QED) is 0.413. The molecule has 23 heavy (non-hydrogen) atoms. The lowest BCUT2D eigenvalue weighted by Crippen LogP contribution is -2.30. The van der Waals surface area contributed by atoms with Crippen LogP contribution in [-0.2, 0) is 0 Å². The minimum Gasteiger partial charge on any atom is -0.545 e. The summed E-state index contributed by atoms with van der Waals surface area (Å²) < 4.78 is 0. The van der Waals surface area contributed by atoms with E-state index in [1.54, 1.807) is 0 Å². The number of carbonyl (C=O) groups is 3. The molecule has 0 aliphatic rings. The Labute approximate surface area is 128 Å². The highest BCUT2D eigenvalue weighted by Gasteiger charge is 2.15. The highest BCUT2D eigenvalue weighted by molar-refractivity contribution is 6.11. The van der Waals surface area contributed by atoms with Crippen LogP contribution in [0.5, 0.6) is 0 Å². The van der Waals surface area contributed by atoms with Crippen LogP contribution in [0.4, 0.5) is 5.69 Å². The number of rotatable bonds is 5. The third kappa shape index (κ3) is 3.21. The van der Waals surface area contributed by atoms with Crippen LogP contribution in [0.3, 0.4) is 0 Å². The van der Waals surface area contributed by atoms with E-state index in [2.05, 4.69) is 0 Å². The average molecular weight is 313 g/mol. The molecule has 0 fully saturated rings. The molecule has 116 valence electrons. The minimum absolute atomic E-state index is 0.0373. The summed E-state index contributed by atoms with van der Waals surface area (Å²) in [6.07, 6.45) is 0. The SMILES string of the molecule is O=C(c1cccc([N+](=O)[O-])c1)c1ccc(C(=O)[O-])c(C(=O)[O-])c1. The second-order valence-corrected chi connectivity index (χ2v) is 4.47. The molecule has 0 unspecified atom stereocenters. The van der Waals surface area contributed by atoms with E-state index in [1.807, 2.05) is 0 Å². The molecule has 2 rings (SSSR count). The molecule has 0 aliphatic carbocycles. The zero-order valence-electron chi connectivity index (χ0n) is 11.3. The average Bonchev–Trinajstić information content (AvgIpc) is 2.53. The number of carboxylic acids is 2. The Morgan fingerprint density at radius 3 is 2.00 bits per heavy atom. The lowest BCUT2D eigenvalue weighted by atomic mass is 9.98. The van der Waals surface area contributed by atoms with Crippen molar-refractivity contribution < 1.29 is 29.5 Å². The van der Waals surface area contributed by atoms with Gasteiger partial charge in [-0.3, -0.25) is 14.9 Å². The van der Waals surface area contributed by atoms with E-state index >= 15 is 0 Å². The standard InChI is InChI=1S/C15H9NO7/c17-13(8-2-1-3-10(6-8)16(22)23)9-4-5-11(14(18)19)12(7-9)15(20)21/h1-7H,(H,18,19)(H,20,21)/p-2. The van der Waals surface area contributed by atoms with Crippen LogP contribution in [0.2, 0.25) is 0 Å². The van der Waals surface area contributed by atoms with E-state index in [0.29, 0.717) is 0 Å². The molecular weight excluding hydrogens is 306 g/mol. The van der Waals surface area contributed by atoms with Crippen LogP contribution in [0, 0.1) is 10.1 Å². The van der Waals surface area contributed by atoms with Gasteiger partial charge in [-0.25, -0.2) is 0 Å². The summed E-state index contributed by atoms with van der Waals surface area (Å²) in [6.45, 7) is 0. The van der Waals surface area contributed by atoms with E-state index in [0.717, 1.165) is 24.3 Å². The van der Waals surface area contributed by atoms with Gasteiger partial charge in [0.2, 0.25) is 0 Å². The summed E-state index contributed by atoms with van der Waals surface area (Å²) in [5.41, 5.74) is -1.82. The predicted octanol–water partition coefficient (Wildman–Crippen LogP) is -0.447. The maximum absolute atomic E-state index is 12.3. The van der Waals surface area contributed by atoms with Crippen molar-refractivity contribution in [3.63, 3.8) is 0 Å². The van der Waals surface area contributed by atoms with E-state index in [1.165, 1.54) is 18.2 Å². The molecule has 2 aromatic carbocycles. The number of carboxylic acid groups (broad SMARTS) is 2. The number of nitrogens with zero attached hydrogens (tertiary/aromatic N) is 1. The number of non-ortho nitro benzene ring substituents is 1. The molecule has 0 aromatic heterocycles. The number of hydrogen-bond donors (Lipinski definition) is 0.